The van der Waals surface area contributed by atoms with Gasteiger partial charge in [0.2, 0.25) is 11.8 Å². The largest absolute Gasteiger partial charge is 0.495 e. The van der Waals surface area contributed by atoms with Gasteiger partial charge in [0.15, 0.2) is 0 Å². The van der Waals surface area contributed by atoms with E-state index in [0.29, 0.717) is 36.1 Å². The molecule has 31 heavy (non-hydrogen) atoms. The first-order valence-electron chi connectivity index (χ1n) is 10.2. The van der Waals surface area contributed by atoms with Crippen LogP contribution < -0.4 is 10.1 Å². The Morgan fingerprint density at radius 1 is 1.10 bits per heavy atom. The molecule has 0 bridgehead atoms. The van der Waals surface area contributed by atoms with E-state index in [1.165, 1.54) is 0 Å². The van der Waals surface area contributed by atoms with Gasteiger partial charge in [-0.1, -0.05) is 41.9 Å². The van der Waals surface area contributed by atoms with E-state index in [1.54, 1.807) is 44.3 Å². The number of carbonyl (C=O) groups is 2. The number of carbonyl (C=O) groups excluding carboxylic acids is 2. The molecule has 0 aliphatic carbocycles. The van der Waals surface area contributed by atoms with Gasteiger partial charge in [0, 0.05) is 46.0 Å². The Kier molecular flexibility index (Phi) is 7.90. The number of nitrogens with zero attached hydrogens (tertiary/aromatic N) is 3. The lowest BCUT2D eigenvalue weighted by atomic mass is 10.0. The Labute approximate surface area is 188 Å². The van der Waals surface area contributed by atoms with Crippen molar-refractivity contribution >= 4 is 29.1 Å². The van der Waals surface area contributed by atoms with Gasteiger partial charge in [0.1, 0.15) is 11.8 Å². The SMILES string of the molecule is COc1ccc(NC(=O)[C@@H](c2ccccc2)N2CCN(CC(=O)N(C)C)CC2)cc1Cl. The second-order valence-corrected chi connectivity index (χ2v) is 8.16. The maximum absolute atomic E-state index is 13.3. The van der Waals surface area contributed by atoms with Crippen LogP contribution >= 0.6 is 11.6 Å². The first-order chi connectivity index (χ1) is 14.9. The van der Waals surface area contributed by atoms with E-state index in [1.807, 2.05) is 30.3 Å². The average molecular weight is 445 g/mol. The molecule has 0 aromatic heterocycles. The molecule has 0 unspecified atom stereocenters. The summed E-state index contributed by atoms with van der Waals surface area (Å²) in [5.74, 6) is 0.523. The number of piperazine rings is 1. The number of likely N-dealkylation sites (N-methyl/N-ethyl adjacent to an activating group) is 1. The summed E-state index contributed by atoms with van der Waals surface area (Å²) in [7, 11) is 5.08. The van der Waals surface area contributed by atoms with Crippen molar-refractivity contribution in [2.45, 2.75) is 6.04 Å². The molecule has 1 N–H and O–H groups in total. The van der Waals surface area contributed by atoms with Gasteiger partial charge in [0.25, 0.3) is 0 Å². The third-order valence-electron chi connectivity index (χ3n) is 5.41. The minimum Gasteiger partial charge on any atom is -0.495 e. The number of ether oxygens (including phenoxy) is 1. The monoisotopic (exact) mass is 444 g/mol. The van der Waals surface area contributed by atoms with Crippen LogP contribution in [0.3, 0.4) is 0 Å². The Morgan fingerprint density at radius 2 is 1.77 bits per heavy atom. The lowest BCUT2D eigenvalue weighted by Gasteiger charge is -2.38. The topological polar surface area (TPSA) is 65.1 Å². The third-order valence-corrected chi connectivity index (χ3v) is 5.71. The van der Waals surface area contributed by atoms with Crippen LogP contribution in [0, 0.1) is 0 Å². The van der Waals surface area contributed by atoms with Crippen LogP contribution in [0.5, 0.6) is 5.75 Å². The maximum Gasteiger partial charge on any atom is 0.246 e. The second kappa shape index (κ2) is 10.6. The summed E-state index contributed by atoms with van der Waals surface area (Å²) in [6.45, 7) is 3.23. The zero-order valence-electron chi connectivity index (χ0n) is 18.2. The minimum atomic E-state index is -0.436. The number of nitrogens with one attached hydrogen (secondary N) is 1. The van der Waals surface area contributed by atoms with Gasteiger partial charge >= 0.3 is 0 Å². The van der Waals surface area contributed by atoms with Crippen LogP contribution in [0.1, 0.15) is 11.6 Å². The number of amides is 2. The standard InChI is InChI=1S/C23H29ClN4O3/c1-26(2)21(29)16-27-11-13-28(14-12-27)22(17-7-5-4-6-8-17)23(30)25-18-9-10-20(31-3)19(24)15-18/h4-10,15,22H,11-14,16H2,1-3H3,(H,25,30)/t22-/m1/s1. The summed E-state index contributed by atoms with van der Waals surface area (Å²) in [6, 6.07) is 14.5. The molecule has 166 valence electrons. The molecule has 1 fully saturated rings. The molecule has 1 heterocycles. The van der Waals surface area contributed by atoms with E-state index in [4.69, 9.17) is 16.3 Å². The number of methoxy groups -OCH3 is 1. The summed E-state index contributed by atoms with van der Waals surface area (Å²) < 4.78 is 5.18. The Bertz CT molecular complexity index is 899. The lowest BCUT2D eigenvalue weighted by Crippen LogP contribution is -2.52. The highest BCUT2D eigenvalue weighted by molar-refractivity contribution is 6.32. The number of hydrogen-bond donors (Lipinski definition) is 1. The van der Waals surface area contributed by atoms with Crippen LogP contribution in [0.2, 0.25) is 5.02 Å². The van der Waals surface area contributed by atoms with Crippen molar-refractivity contribution in [2.24, 2.45) is 0 Å². The van der Waals surface area contributed by atoms with Crippen molar-refractivity contribution in [1.29, 1.82) is 0 Å². The van der Waals surface area contributed by atoms with Crippen molar-refractivity contribution < 1.29 is 14.3 Å². The van der Waals surface area contributed by atoms with Crippen LogP contribution in [0.25, 0.3) is 0 Å². The van der Waals surface area contributed by atoms with E-state index in [2.05, 4.69) is 15.1 Å². The van der Waals surface area contributed by atoms with Crippen molar-refractivity contribution in [3.63, 3.8) is 0 Å². The van der Waals surface area contributed by atoms with Gasteiger partial charge in [-0.2, -0.15) is 0 Å². The maximum atomic E-state index is 13.3. The molecule has 0 spiro atoms. The first-order valence-corrected chi connectivity index (χ1v) is 10.6. The van der Waals surface area contributed by atoms with Crippen LogP contribution in [0.15, 0.2) is 48.5 Å². The van der Waals surface area contributed by atoms with Gasteiger partial charge in [-0.3, -0.25) is 19.4 Å². The fraction of sp³-hybridized carbons (Fsp3) is 0.391. The van der Waals surface area contributed by atoms with Crippen molar-refractivity contribution in [3.8, 4) is 5.75 Å². The second-order valence-electron chi connectivity index (χ2n) is 7.75. The molecule has 2 amide bonds. The van der Waals surface area contributed by atoms with Gasteiger partial charge < -0.3 is 15.0 Å². The van der Waals surface area contributed by atoms with Gasteiger partial charge in [-0.05, 0) is 23.8 Å². The third kappa shape index (κ3) is 5.97. The first kappa shape index (κ1) is 23.1. The quantitative estimate of drug-likeness (QED) is 0.711. The molecule has 8 heteroatoms. The minimum absolute atomic E-state index is 0.0854. The van der Waals surface area contributed by atoms with E-state index in [-0.39, 0.29) is 11.8 Å². The van der Waals surface area contributed by atoms with Crippen molar-refractivity contribution in [3.05, 3.63) is 59.1 Å². The van der Waals surface area contributed by atoms with Gasteiger partial charge in [-0.25, -0.2) is 0 Å². The fourth-order valence-electron chi connectivity index (χ4n) is 3.63. The molecular weight excluding hydrogens is 416 g/mol. The molecule has 1 saturated heterocycles. The summed E-state index contributed by atoms with van der Waals surface area (Å²) >= 11 is 6.21. The number of halogens is 1. The van der Waals surface area contributed by atoms with E-state index in [9.17, 15) is 9.59 Å². The highest BCUT2D eigenvalue weighted by atomic mass is 35.5. The molecule has 3 rings (SSSR count). The molecule has 2 aromatic carbocycles. The zero-order valence-corrected chi connectivity index (χ0v) is 18.9. The highest BCUT2D eigenvalue weighted by Gasteiger charge is 2.31. The summed E-state index contributed by atoms with van der Waals surface area (Å²) in [4.78, 5) is 31.2. The molecule has 1 aliphatic heterocycles. The predicted molar refractivity (Wildman–Crippen MR) is 123 cm³/mol. The average Bonchev–Trinajstić information content (AvgIpc) is 2.76. The number of hydrogen-bond acceptors (Lipinski definition) is 5. The smallest absolute Gasteiger partial charge is 0.246 e. The lowest BCUT2D eigenvalue weighted by molar-refractivity contribution is -0.131. The molecule has 2 aromatic rings. The normalized spacial score (nSPS) is 15.9. The molecule has 1 atom stereocenters. The van der Waals surface area contributed by atoms with Gasteiger partial charge in [0.05, 0.1) is 18.7 Å². The molecule has 0 saturated carbocycles. The van der Waals surface area contributed by atoms with E-state index < -0.39 is 6.04 Å². The van der Waals surface area contributed by atoms with E-state index in [0.717, 1.165) is 18.7 Å². The van der Waals surface area contributed by atoms with Crippen LogP contribution in [-0.4, -0.2) is 80.4 Å². The Morgan fingerprint density at radius 3 is 2.35 bits per heavy atom. The van der Waals surface area contributed by atoms with Crippen molar-refractivity contribution in [1.82, 2.24) is 14.7 Å². The zero-order chi connectivity index (χ0) is 22.4. The molecule has 0 radical (unpaired) electrons. The summed E-state index contributed by atoms with van der Waals surface area (Å²) in [6.07, 6.45) is 0. The molecule has 1 aliphatic rings. The predicted octanol–water partition coefficient (Wildman–Crippen LogP) is 2.73. The number of benzene rings is 2. The molecular formula is C23H29ClN4O3. The molecule has 7 nitrogen and oxygen atoms in total. The van der Waals surface area contributed by atoms with Crippen molar-refractivity contribution in [2.75, 3.05) is 59.2 Å². The Balaban J connectivity index is 1.73. The summed E-state index contributed by atoms with van der Waals surface area (Å²) in [5.41, 5.74) is 1.55. The number of rotatable bonds is 7. The van der Waals surface area contributed by atoms with Gasteiger partial charge in [-0.15, -0.1) is 0 Å². The van der Waals surface area contributed by atoms with E-state index >= 15 is 0 Å². The van der Waals surface area contributed by atoms with Crippen LogP contribution in [-0.2, 0) is 9.59 Å². The Hall–Kier alpha value is -2.61. The summed E-state index contributed by atoms with van der Waals surface area (Å²) in [5, 5.41) is 3.43. The number of anilines is 1. The fourth-order valence-corrected chi connectivity index (χ4v) is 3.89. The highest BCUT2D eigenvalue weighted by Crippen LogP contribution is 2.29. The van der Waals surface area contributed by atoms with Crippen LogP contribution in [0.4, 0.5) is 5.69 Å².